The number of fused-ring (bicyclic) bond motifs is 2. The molecule has 0 atom stereocenters. The molecule has 0 bridgehead atoms. The SMILES string of the molecule is COc1ccc2c(c1)c(C(=O)Oc1c(C)cc(C(=O)O)cc1C)c1cc(OP(=O)(O)O)ccc1[n+]2C. The molecular weight excluding hydrogens is 489 g/mol. The average molecular weight is 512 g/mol. The lowest BCUT2D eigenvalue weighted by atomic mass is 10.0. The van der Waals surface area contributed by atoms with E-state index in [0.29, 0.717) is 38.7 Å². The van der Waals surface area contributed by atoms with E-state index in [0.717, 1.165) is 0 Å². The van der Waals surface area contributed by atoms with Crippen LogP contribution in [0.15, 0.2) is 48.5 Å². The third kappa shape index (κ3) is 4.74. The molecule has 0 fully saturated rings. The number of pyridine rings is 1. The fraction of sp³-hybridized carbons (Fsp3) is 0.160. The van der Waals surface area contributed by atoms with E-state index in [4.69, 9.17) is 14.0 Å². The van der Waals surface area contributed by atoms with Crippen LogP contribution < -0.4 is 18.6 Å². The van der Waals surface area contributed by atoms with Gasteiger partial charge in [0, 0.05) is 12.1 Å². The molecule has 11 heteroatoms. The van der Waals surface area contributed by atoms with Crippen molar-refractivity contribution in [3.8, 4) is 17.2 Å². The molecule has 0 spiro atoms. The lowest BCUT2D eigenvalue weighted by Gasteiger charge is -2.15. The number of phosphoric ester groups is 1. The molecule has 0 aliphatic heterocycles. The van der Waals surface area contributed by atoms with Gasteiger partial charge in [-0.15, -0.1) is 0 Å². The van der Waals surface area contributed by atoms with Gasteiger partial charge in [0.15, 0.2) is 0 Å². The van der Waals surface area contributed by atoms with Gasteiger partial charge in [-0.1, -0.05) is 0 Å². The minimum absolute atomic E-state index is 0.0661. The van der Waals surface area contributed by atoms with Gasteiger partial charge in [-0.3, -0.25) is 9.79 Å². The Morgan fingerprint density at radius 1 is 0.889 bits per heavy atom. The zero-order valence-corrected chi connectivity index (χ0v) is 20.7. The third-order valence-electron chi connectivity index (χ3n) is 5.76. The minimum Gasteiger partial charge on any atom is -0.497 e. The van der Waals surface area contributed by atoms with E-state index < -0.39 is 19.8 Å². The highest BCUT2D eigenvalue weighted by atomic mass is 31.2. The fourth-order valence-electron chi connectivity index (χ4n) is 4.21. The summed E-state index contributed by atoms with van der Waals surface area (Å²) in [5.41, 5.74) is 2.35. The molecule has 0 radical (unpaired) electrons. The number of aryl methyl sites for hydroxylation is 3. The first-order valence-electron chi connectivity index (χ1n) is 10.6. The summed E-state index contributed by atoms with van der Waals surface area (Å²) >= 11 is 0. The summed E-state index contributed by atoms with van der Waals surface area (Å²) in [6.45, 7) is 3.27. The van der Waals surface area contributed by atoms with Gasteiger partial charge in [0.1, 0.15) is 24.3 Å². The molecule has 0 aliphatic carbocycles. The lowest BCUT2D eigenvalue weighted by molar-refractivity contribution is -0.617. The van der Waals surface area contributed by atoms with E-state index in [9.17, 15) is 29.0 Å². The molecule has 0 amide bonds. The number of carboxylic acids is 1. The minimum atomic E-state index is -4.85. The van der Waals surface area contributed by atoms with Crippen molar-refractivity contribution < 1.29 is 47.6 Å². The van der Waals surface area contributed by atoms with Crippen molar-refractivity contribution in [2.45, 2.75) is 13.8 Å². The number of aromatic nitrogens is 1. The number of hydrogen-bond acceptors (Lipinski definition) is 6. The maximum atomic E-state index is 13.7. The predicted octanol–water partition coefficient (Wildman–Crippen LogP) is 3.83. The van der Waals surface area contributed by atoms with Crippen molar-refractivity contribution in [2.24, 2.45) is 7.05 Å². The molecule has 3 N–H and O–H groups in total. The molecule has 1 heterocycles. The van der Waals surface area contributed by atoms with Crippen LogP contribution in [0.5, 0.6) is 17.2 Å². The summed E-state index contributed by atoms with van der Waals surface area (Å²) in [5.74, 6) is -1.29. The summed E-state index contributed by atoms with van der Waals surface area (Å²) in [5, 5.41) is 10.1. The van der Waals surface area contributed by atoms with Gasteiger partial charge in [0.05, 0.1) is 29.0 Å². The topological polar surface area (TPSA) is 143 Å². The second-order valence-electron chi connectivity index (χ2n) is 8.21. The van der Waals surface area contributed by atoms with E-state index >= 15 is 0 Å². The largest absolute Gasteiger partial charge is 0.524 e. The number of methoxy groups -OCH3 is 1. The quantitative estimate of drug-likeness (QED) is 0.115. The first-order chi connectivity index (χ1) is 16.9. The molecule has 4 aromatic rings. The highest BCUT2D eigenvalue weighted by Crippen LogP contribution is 2.39. The molecule has 0 saturated heterocycles. The molecule has 3 aromatic carbocycles. The molecule has 36 heavy (non-hydrogen) atoms. The number of phosphoric acid groups is 1. The monoisotopic (exact) mass is 512 g/mol. The van der Waals surface area contributed by atoms with Gasteiger partial charge in [-0.05, 0) is 61.4 Å². The number of ether oxygens (including phenoxy) is 2. The maximum Gasteiger partial charge on any atom is 0.524 e. The Labute approximate surface area is 205 Å². The van der Waals surface area contributed by atoms with Crippen LogP contribution in [-0.2, 0) is 11.6 Å². The number of aromatic carboxylic acids is 1. The number of rotatable bonds is 6. The number of nitrogens with zero attached hydrogens (tertiary/aromatic N) is 1. The van der Waals surface area contributed by atoms with Crippen LogP contribution in [0.4, 0.5) is 0 Å². The standard InChI is InChI=1S/C25H22NO9P/c1-13-9-15(24(27)28)10-14(2)23(13)34-25(29)22-18-11-16(33-4)5-7-20(18)26(3)21-8-6-17(12-19(21)22)35-36(30,31)32/h5-12H,1-4H3,(H2-,27,28,30,31,32)/p+1. The van der Waals surface area contributed by atoms with Crippen LogP contribution >= 0.6 is 7.82 Å². The van der Waals surface area contributed by atoms with Crippen molar-refractivity contribution in [1.29, 1.82) is 0 Å². The van der Waals surface area contributed by atoms with Crippen molar-refractivity contribution in [3.63, 3.8) is 0 Å². The van der Waals surface area contributed by atoms with Crippen LogP contribution in [-0.4, -0.2) is 33.9 Å². The first-order valence-corrected chi connectivity index (χ1v) is 12.2. The molecule has 0 saturated carbocycles. The summed E-state index contributed by atoms with van der Waals surface area (Å²) in [4.78, 5) is 43.6. The van der Waals surface area contributed by atoms with Crippen LogP contribution in [0.2, 0.25) is 0 Å². The van der Waals surface area contributed by atoms with E-state index in [2.05, 4.69) is 0 Å². The summed E-state index contributed by atoms with van der Waals surface area (Å²) in [6.07, 6.45) is 0. The molecule has 0 unspecified atom stereocenters. The Kier molecular flexibility index (Phi) is 6.44. The van der Waals surface area contributed by atoms with Crippen molar-refractivity contribution in [2.75, 3.05) is 7.11 Å². The van der Waals surface area contributed by atoms with Crippen molar-refractivity contribution in [1.82, 2.24) is 0 Å². The van der Waals surface area contributed by atoms with Crippen LogP contribution in [0.1, 0.15) is 31.8 Å². The Bertz CT molecular complexity index is 1580. The number of benzene rings is 3. The molecule has 1 aromatic heterocycles. The van der Waals surface area contributed by atoms with Gasteiger partial charge in [-0.25, -0.2) is 14.2 Å². The van der Waals surface area contributed by atoms with Crippen molar-refractivity contribution >= 4 is 41.6 Å². The van der Waals surface area contributed by atoms with E-state index in [1.165, 1.54) is 31.4 Å². The first kappa shape index (κ1) is 25.1. The van der Waals surface area contributed by atoms with Crippen molar-refractivity contribution in [3.05, 3.63) is 70.8 Å². The molecule has 4 rings (SSSR count). The Morgan fingerprint density at radius 3 is 1.92 bits per heavy atom. The highest BCUT2D eigenvalue weighted by Gasteiger charge is 2.27. The zero-order chi connectivity index (χ0) is 26.4. The highest BCUT2D eigenvalue weighted by molar-refractivity contribution is 7.46. The second-order valence-corrected chi connectivity index (χ2v) is 9.38. The van der Waals surface area contributed by atoms with Gasteiger partial charge in [-0.2, -0.15) is 4.57 Å². The number of carbonyl (C=O) groups is 2. The lowest BCUT2D eigenvalue weighted by Crippen LogP contribution is -2.31. The Balaban J connectivity index is 1.98. The number of esters is 1. The molecule has 186 valence electrons. The number of hydrogen-bond donors (Lipinski definition) is 3. The summed E-state index contributed by atoms with van der Waals surface area (Å²) in [7, 11) is -1.57. The number of carbonyl (C=O) groups excluding carboxylic acids is 1. The molecule has 0 aliphatic rings. The van der Waals surface area contributed by atoms with E-state index in [1.807, 2.05) is 4.57 Å². The van der Waals surface area contributed by atoms with E-state index in [-0.39, 0.29) is 22.6 Å². The van der Waals surface area contributed by atoms with Gasteiger partial charge in [0.25, 0.3) is 0 Å². The average Bonchev–Trinajstić information content (AvgIpc) is 2.79. The number of carboxylic acid groups (broad SMARTS) is 1. The smallest absolute Gasteiger partial charge is 0.497 e. The predicted molar refractivity (Wildman–Crippen MR) is 130 cm³/mol. The van der Waals surface area contributed by atoms with Crippen LogP contribution in [0, 0.1) is 13.8 Å². The van der Waals surface area contributed by atoms with Gasteiger partial charge in [0.2, 0.25) is 11.0 Å². The maximum absolute atomic E-state index is 13.7. The summed E-state index contributed by atoms with van der Waals surface area (Å²) in [6, 6.07) is 12.3. The second kappa shape index (κ2) is 9.23. The van der Waals surface area contributed by atoms with Crippen LogP contribution in [0.25, 0.3) is 21.8 Å². The summed E-state index contributed by atoms with van der Waals surface area (Å²) < 4.78 is 29.1. The molecular formula is C25H23NO9P+. The fourth-order valence-corrected chi connectivity index (χ4v) is 4.60. The van der Waals surface area contributed by atoms with Gasteiger partial charge >= 0.3 is 19.8 Å². The van der Waals surface area contributed by atoms with Gasteiger partial charge < -0.3 is 19.1 Å². The normalized spacial score (nSPS) is 11.5. The zero-order valence-electron chi connectivity index (χ0n) is 19.8. The Morgan fingerprint density at radius 2 is 1.42 bits per heavy atom. The Hall–Kier alpha value is -3.98. The van der Waals surface area contributed by atoms with Crippen LogP contribution in [0.3, 0.4) is 0 Å². The van der Waals surface area contributed by atoms with E-state index in [1.54, 1.807) is 45.2 Å². The third-order valence-corrected chi connectivity index (χ3v) is 6.21. The molecule has 10 nitrogen and oxygen atoms in total.